The number of aryl methyl sites for hydroxylation is 1. The molecule has 0 aliphatic carbocycles. The van der Waals surface area contributed by atoms with Gasteiger partial charge < -0.3 is 15.1 Å². The van der Waals surface area contributed by atoms with Gasteiger partial charge in [0, 0.05) is 25.6 Å². The van der Waals surface area contributed by atoms with Gasteiger partial charge >= 0.3 is 0 Å². The molecular weight excluding hydrogens is 230 g/mol. The molecule has 0 bridgehead atoms. The lowest BCUT2D eigenvalue weighted by atomic mass is 10.0. The number of aromatic hydroxyl groups is 1. The Morgan fingerprint density at radius 2 is 2.17 bits per heavy atom. The minimum Gasteiger partial charge on any atom is -0.507 e. The van der Waals surface area contributed by atoms with Crippen molar-refractivity contribution in [3.8, 4) is 5.75 Å². The van der Waals surface area contributed by atoms with E-state index in [4.69, 9.17) is 5.11 Å². The third-order valence-corrected chi connectivity index (χ3v) is 3.76. The molecule has 1 heterocycles. The molecule has 1 unspecified atom stereocenters. The van der Waals surface area contributed by atoms with Crippen LogP contribution in [0.4, 0.5) is 0 Å². The topological polar surface area (TPSA) is 60.8 Å². The van der Waals surface area contributed by atoms with E-state index in [0.29, 0.717) is 18.7 Å². The number of benzene rings is 1. The van der Waals surface area contributed by atoms with E-state index in [1.54, 1.807) is 11.0 Å². The Labute approximate surface area is 107 Å². The standard InChI is InChI=1S/C14H19NO3/c1-9-3-4-12(13(17)10(9)2)14(18)15-6-5-11(7-15)8-16/h3-4,11,16-17H,5-8H2,1-2H3. The van der Waals surface area contributed by atoms with Crippen molar-refractivity contribution in [2.24, 2.45) is 5.92 Å². The number of aliphatic hydroxyl groups is 1. The normalized spacial score (nSPS) is 19.3. The predicted octanol–water partition coefficient (Wildman–Crippen LogP) is 1.46. The highest BCUT2D eigenvalue weighted by molar-refractivity contribution is 5.97. The minimum absolute atomic E-state index is 0.0763. The zero-order chi connectivity index (χ0) is 13.3. The van der Waals surface area contributed by atoms with Crippen LogP contribution in [0.5, 0.6) is 5.75 Å². The monoisotopic (exact) mass is 249 g/mol. The van der Waals surface area contributed by atoms with Gasteiger partial charge in [0.1, 0.15) is 5.75 Å². The molecule has 0 radical (unpaired) electrons. The van der Waals surface area contributed by atoms with Gasteiger partial charge in [-0.2, -0.15) is 0 Å². The van der Waals surface area contributed by atoms with Crippen LogP contribution in [0.1, 0.15) is 27.9 Å². The molecule has 4 heteroatoms. The molecule has 1 aromatic carbocycles. The Morgan fingerprint density at radius 3 is 2.78 bits per heavy atom. The van der Waals surface area contributed by atoms with Gasteiger partial charge in [0.2, 0.25) is 0 Å². The molecular formula is C14H19NO3. The van der Waals surface area contributed by atoms with Gasteiger partial charge in [-0.05, 0) is 37.5 Å². The van der Waals surface area contributed by atoms with Crippen molar-refractivity contribution < 1.29 is 15.0 Å². The Balaban J connectivity index is 2.22. The number of hydrogen-bond acceptors (Lipinski definition) is 3. The number of hydrogen-bond donors (Lipinski definition) is 2. The Morgan fingerprint density at radius 1 is 1.44 bits per heavy atom. The number of likely N-dealkylation sites (tertiary alicyclic amines) is 1. The van der Waals surface area contributed by atoms with Gasteiger partial charge in [0.25, 0.3) is 5.91 Å². The molecule has 98 valence electrons. The van der Waals surface area contributed by atoms with Crippen molar-refractivity contribution in [1.29, 1.82) is 0 Å². The summed E-state index contributed by atoms with van der Waals surface area (Å²) in [5.41, 5.74) is 2.08. The van der Waals surface area contributed by atoms with Crippen LogP contribution in [0.3, 0.4) is 0 Å². The fourth-order valence-electron chi connectivity index (χ4n) is 2.31. The van der Waals surface area contributed by atoms with Crippen molar-refractivity contribution >= 4 is 5.91 Å². The molecule has 18 heavy (non-hydrogen) atoms. The number of carbonyl (C=O) groups excluding carboxylic acids is 1. The molecule has 4 nitrogen and oxygen atoms in total. The van der Waals surface area contributed by atoms with Gasteiger partial charge in [0.05, 0.1) is 5.56 Å². The van der Waals surface area contributed by atoms with Crippen LogP contribution in [0.25, 0.3) is 0 Å². The maximum atomic E-state index is 12.3. The van der Waals surface area contributed by atoms with E-state index < -0.39 is 0 Å². The minimum atomic E-state index is -0.147. The van der Waals surface area contributed by atoms with Crippen molar-refractivity contribution in [2.75, 3.05) is 19.7 Å². The third kappa shape index (κ3) is 2.20. The van der Waals surface area contributed by atoms with E-state index in [-0.39, 0.29) is 24.2 Å². The van der Waals surface area contributed by atoms with E-state index >= 15 is 0 Å². The summed E-state index contributed by atoms with van der Waals surface area (Å²) in [7, 11) is 0. The highest BCUT2D eigenvalue weighted by Crippen LogP contribution is 2.27. The first-order chi connectivity index (χ1) is 8.54. The van der Waals surface area contributed by atoms with E-state index in [1.807, 2.05) is 19.9 Å². The molecule has 0 aromatic heterocycles. The molecule has 1 aliphatic rings. The first-order valence-corrected chi connectivity index (χ1v) is 6.24. The molecule has 0 spiro atoms. The molecule has 2 N–H and O–H groups in total. The van der Waals surface area contributed by atoms with E-state index in [9.17, 15) is 9.90 Å². The first kappa shape index (κ1) is 12.9. The van der Waals surface area contributed by atoms with Crippen LogP contribution in [-0.4, -0.2) is 40.7 Å². The highest BCUT2D eigenvalue weighted by Gasteiger charge is 2.28. The summed E-state index contributed by atoms with van der Waals surface area (Å²) in [6.45, 7) is 5.05. The lowest BCUT2D eigenvalue weighted by Crippen LogP contribution is -2.29. The molecule has 1 fully saturated rings. The number of aliphatic hydroxyl groups excluding tert-OH is 1. The van der Waals surface area contributed by atoms with Crippen LogP contribution in [0.2, 0.25) is 0 Å². The average molecular weight is 249 g/mol. The lowest BCUT2D eigenvalue weighted by molar-refractivity contribution is 0.0778. The summed E-state index contributed by atoms with van der Waals surface area (Å²) in [5, 5.41) is 19.1. The summed E-state index contributed by atoms with van der Waals surface area (Å²) in [5.74, 6) is 0.0987. The third-order valence-electron chi connectivity index (χ3n) is 3.76. The van der Waals surface area contributed by atoms with Crippen LogP contribution in [0.15, 0.2) is 12.1 Å². The van der Waals surface area contributed by atoms with Gasteiger partial charge in [-0.3, -0.25) is 4.79 Å². The SMILES string of the molecule is Cc1ccc(C(=O)N2CCC(CO)C2)c(O)c1C. The number of phenolic OH excluding ortho intramolecular Hbond substituents is 1. The van der Waals surface area contributed by atoms with Crippen LogP contribution < -0.4 is 0 Å². The average Bonchev–Trinajstić information content (AvgIpc) is 2.84. The summed E-state index contributed by atoms with van der Waals surface area (Å²) in [6, 6.07) is 3.52. The molecule has 1 aliphatic heterocycles. The summed E-state index contributed by atoms with van der Waals surface area (Å²) in [6.07, 6.45) is 0.827. The van der Waals surface area contributed by atoms with Gasteiger partial charge in [-0.25, -0.2) is 0 Å². The quantitative estimate of drug-likeness (QED) is 0.834. The smallest absolute Gasteiger partial charge is 0.257 e. The summed E-state index contributed by atoms with van der Waals surface area (Å²) in [4.78, 5) is 14.0. The summed E-state index contributed by atoms with van der Waals surface area (Å²) < 4.78 is 0. The maximum absolute atomic E-state index is 12.3. The van der Waals surface area contributed by atoms with E-state index in [2.05, 4.69) is 0 Å². The van der Waals surface area contributed by atoms with Gasteiger partial charge in [-0.15, -0.1) is 0 Å². The Hall–Kier alpha value is -1.55. The first-order valence-electron chi connectivity index (χ1n) is 6.24. The fraction of sp³-hybridized carbons (Fsp3) is 0.500. The number of amides is 1. The van der Waals surface area contributed by atoms with E-state index in [1.165, 1.54) is 0 Å². The van der Waals surface area contributed by atoms with Crippen LogP contribution in [0, 0.1) is 19.8 Å². The number of phenols is 1. The van der Waals surface area contributed by atoms with Crippen molar-refractivity contribution in [1.82, 2.24) is 4.90 Å². The zero-order valence-corrected chi connectivity index (χ0v) is 10.8. The van der Waals surface area contributed by atoms with Crippen LogP contribution in [-0.2, 0) is 0 Å². The second kappa shape index (κ2) is 4.98. The largest absolute Gasteiger partial charge is 0.507 e. The second-order valence-electron chi connectivity index (χ2n) is 4.99. The fourth-order valence-corrected chi connectivity index (χ4v) is 2.31. The molecule has 1 aromatic rings. The number of nitrogens with zero attached hydrogens (tertiary/aromatic N) is 1. The second-order valence-corrected chi connectivity index (χ2v) is 4.99. The van der Waals surface area contributed by atoms with Gasteiger partial charge in [-0.1, -0.05) is 6.07 Å². The van der Waals surface area contributed by atoms with Gasteiger partial charge in [0.15, 0.2) is 0 Å². The zero-order valence-electron chi connectivity index (χ0n) is 10.8. The molecule has 1 saturated heterocycles. The Bertz CT molecular complexity index is 470. The Kier molecular flexibility index (Phi) is 3.57. The highest BCUT2D eigenvalue weighted by atomic mass is 16.3. The van der Waals surface area contributed by atoms with Crippen molar-refractivity contribution in [3.63, 3.8) is 0 Å². The van der Waals surface area contributed by atoms with Crippen LogP contribution >= 0.6 is 0 Å². The van der Waals surface area contributed by atoms with Crippen molar-refractivity contribution in [3.05, 3.63) is 28.8 Å². The lowest BCUT2D eigenvalue weighted by Gasteiger charge is -2.18. The number of carbonyl (C=O) groups is 1. The van der Waals surface area contributed by atoms with E-state index in [0.717, 1.165) is 17.5 Å². The molecule has 2 rings (SSSR count). The maximum Gasteiger partial charge on any atom is 0.257 e. The molecule has 1 atom stereocenters. The summed E-state index contributed by atoms with van der Waals surface area (Å²) >= 11 is 0. The predicted molar refractivity (Wildman–Crippen MR) is 68.7 cm³/mol. The molecule has 0 saturated carbocycles. The van der Waals surface area contributed by atoms with Crippen molar-refractivity contribution in [2.45, 2.75) is 20.3 Å². The number of rotatable bonds is 2. The molecule has 1 amide bonds.